The van der Waals surface area contributed by atoms with Gasteiger partial charge >= 0.3 is 0 Å². The van der Waals surface area contributed by atoms with Gasteiger partial charge in [-0.15, -0.1) is 11.3 Å². The molecule has 2 heterocycles. The van der Waals surface area contributed by atoms with Gasteiger partial charge in [-0.05, 0) is 48.6 Å². The third kappa shape index (κ3) is 3.46. The minimum Gasteiger partial charge on any atom is -0.322 e. The highest BCUT2D eigenvalue weighted by molar-refractivity contribution is 9.10. The molecule has 1 aromatic carbocycles. The van der Waals surface area contributed by atoms with Gasteiger partial charge in [-0.2, -0.15) is 0 Å². The molecule has 1 unspecified atom stereocenters. The van der Waals surface area contributed by atoms with E-state index in [9.17, 15) is 14.4 Å². The molecule has 0 N–H and O–H groups in total. The summed E-state index contributed by atoms with van der Waals surface area (Å²) in [5.74, 6) is -0.700. The van der Waals surface area contributed by atoms with Gasteiger partial charge in [0.1, 0.15) is 6.04 Å². The number of imide groups is 1. The molecular formula is C20H19BrN2O3S. The molecule has 1 aliphatic heterocycles. The van der Waals surface area contributed by atoms with Crippen LogP contribution in [0.15, 0.2) is 46.3 Å². The molecule has 3 amide bonds. The van der Waals surface area contributed by atoms with Crippen molar-refractivity contribution in [1.82, 2.24) is 4.90 Å². The van der Waals surface area contributed by atoms with Crippen molar-refractivity contribution in [3.8, 4) is 0 Å². The van der Waals surface area contributed by atoms with E-state index < -0.39 is 6.04 Å². The van der Waals surface area contributed by atoms with Crippen LogP contribution in [-0.4, -0.2) is 34.7 Å². The number of hydrogen-bond acceptors (Lipinski definition) is 4. The lowest BCUT2D eigenvalue weighted by atomic mass is 10.1. The Hall–Kier alpha value is -1.99. The van der Waals surface area contributed by atoms with Crippen LogP contribution in [0.5, 0.6) is 0 Å². The molecule has 2 aliphatic rings. The van der Waals surface area contributed by atoms with Gasteiger partial charge in [0.25, 0.3) is 11.8 Å². The molecule has 7 heteroatoms. The van der Waals surface area contributed by atoms with Gasteiger partial charge < -0.3 is 4.90 Å². The zero-order chi connectivity index (χ0) is 19.0. The van der Waals surface area contributed by atoms with Crippen molar-refractivity contribution in [2.45, 2.75) is 44.2 Å². The van der Waals surface area contributed by atoms with Crippen molar-refractivity contribution in [2.75, 3.05) is 4.90 Å². The lowest BCUT2D eigenvalue weighted by Crippen LogP contribution is -2.49. The maximum absolute atomic E-state index is 13.2. The van der Waals surface area contributed by atoms with Crippen molar-refractivity contribution >= 4 is 50.7 Å². The standard InChI is InChI=1S/C20H19BrN2O3S/c21-13-7-9-15(10-8-13)23-18(24)12-16(19(23)25)22(14-4-1-2-5-14)20(26)17-6-3-11-27-17/h3,6-11,14,16H,1-2,4-5,12H2. The first-order valence-electron chi connectivity index (χ1n) is 9.05. The summed E-state index contributed by atoms with van der Waals surface area (Å²) in [7, 11) is 0. The van der Waals surface area contributed by atoms with Crippen molar-refractivity contribution < 1.29 is 14.4 Å². The summed E-state index contributed by atoms with van der Waals surface area (Å²) in [6.07, 6.45) is 3.90. The van der Waals surface area contributed by atoms with Crippen LogP contribution in [0.25, 0.3) is 0 Å². The van der Waals surface area contributed by atoms with Gasteiger partial charge in [-0.3, -0.25) is 14.4 Å². The summed E-state index contributed by atoms with van der Waals surface area (Å²) in [5, 5.41) is 1.86. The van der Waals surface area contributed by atoms with Crippen LogP contribution >= 0.6 is 27.3 Å². The van der Waals surface area contributed by atoms with E-state index in [0.29, 0.717) is 10.6 Å². The van der Waals surface area contributed by atoms with Crippen molar-refractivity contribution in [1.29, 1.82) is 0 Å². The Kier molecular flexibility index (Phi) is 5.14. The first-order valence-corrected chi connectivity index (χ1v) is 10.7. The monoisotopic (exact) mass is 446 g/mol. The quantitative estimate of drug-likeness (QED) is 0.660. The average molecular weight is 447 g/mol. The number of thiophene rings is 1. The molecule has 5 nitrogen and oxygen atoms in total. The van der Waals surface area contributed by atoms with Gasteiger partial charge in [0, 0.05) is 10.5 Å². The Morgan fingerprint density at radius 1 is 1.11 bits per heavy atom. The number of rotatable bonds is 4. The Balaban J connectivity index is 1.66. The summed E-state index contributed by atoms with van der Waals surface area (Å²) < 4.78 is 0.877. The minimum atomic E-state index is -0.723. The van der Waals surface area contributed by atoms with E-state index in [4.69, 9.17) is 0 Å². The van der Waals surface area contributed by atoms with Crippen LogP contribution in [0.3, 0.4) is 0 Å². The van der Waals surface area contributed by atoms with Crippen LogP contribution < -0.4 is 4.90 Å². The van der Waals surface area contributed by atoms with Crippen LogP contribution in [0.4, 0.5) is 5.69 Å². The van der Waals surface area contributed by atoms with Crippen molar-refractivity contribution in [3.63, 3.8) is 0 Å². The van der Waals surface area contributed by atoms with Gasteiger partial charge in [0.2, 0.25) is 5.91 Å². The van der Waals surface area contributed by atoms with E-state index in [1.54, 1.807) is 35.2 Å². The number of carbonyl (C=O) groups excluding carboxylic acids is 3. The first-order chi connectivity index (χ1) is 13.1. The molecular weight excluding hydrogens is 428 g/mol. The molecule has 1 saturated carbocycles. The van der Waals surface area contributed by atoms with E-state index in [0.717, 1.165) is 30.2 Å². The molecule has 27 heavy (non-hydrogen) atoms. The number of amides is 3. The number of nitrogens with zero attached hydrogens (tertiary/aromatic N) is 2. The van der Waals surface area contributed by atoms with E-state index >= 15 is 0 Å². The van der Waals surface area contributed by atoms with Gasteiger partial charge in [0.15, 0.2) is 0 Å². The molecule has 2 fully saturated rings. The second kappa shape index (κ2) is 7.56. The van der Waals surface area contributed by atoms with Crippen LogP contribution in [0, 0.1) is 0 Å². The van der Waals surface area contributed by atoms with E-state index in [-0.39, 0.29) is 30.2 Å². The van der Waals surface area contributed by atoms with E-state index in [1.807, 2.05) is 11.4 Å². The summed E-state index contributed by atoms with van der Waals surface area (Å²) >= 11 is 4.74. The van der Waals surface area contributed by atoms with Gasteiger partial charge in [-0.25, -0.2) is 4.90 Å². The summed E-state index contributed by atoms with van der Waals surface area (Å²) in [5.41, 5.74) is 0.547. The highest BCUT2D eigenvalue weighted by atomic mass is 79.9. The third-order valence-corrected chi connectivity index (χ3v) is 6.61. The first kappa shape index (κ1) is 18.4. The predicted octanol–water partition coefficient (Wildman–Crippen LogP) is 4.23. The second-order valence-electron chi connectivity index (χ2n) is 6.89. The molecule has 0 radical (unpaired) electrons. The number of anilines is 1. The minimum absolute atomic E-state index is 0.0196. The molecule has 0 spiro atoms. The zero-order valence-electron chi connectivity index (χ0n) is 14.6. The van der Waals surface area contributed by atoms with Gasteiger partial charge in [-0.1, -0.05) is 34.8 Å². The fraction of sp³-hybridized carbons (Fsp3) is 0.350. The lowest BCUT2D eigenvalue weighted by Gasteiger charge is -2.32. The molecule has 1 saturated heterocycles. The van der Waals surface area contributed by atoms with Crippen molar-refractivity contribution in [2.24, 2.45) is 0 Å². The lowest BCUT2D eigenvalue weighted by molar-refractivity contribution is -0.123. The number of benzene rings is 1. The molecule has 1 aromatic heterocycles. The van der Waals surface area contributed by atoms with E-state index in [1.165, 1.54) is 16.2 Å². The number of halogens is 1. The number of hydrogen-bond donors (Lipinski definition) is 0. The SMILES string of the molecule is O=C1CC(N(C(=O)c2cccs2)C2CCCC2)C(=O)N1c1ccc(Br)cc1. The Labute approximate surface area is 170 Å². The molecule has 4 rings (SSSR count). The number of carbonyl (C=O) groups is 3. The second-order valence-corrected chi connectivity index (χ2v) is 8.76. The van der Waals surface area contributed by atoms with Gasteiger partial charge in [0.05, 0.1) is 17.0 Å². The Bertz CT molecular complexity index is 860. The fourth-order valence-corrected chi connectivity index (χ4v) is 4.90. The summed E-state index contributed by atoms with van der Waals surface area (Å²) in [6, 6.07) is 9.99. The van der Waals surface area contributed by atoms with Crippen LogP contribution in [0.2, 0.25) is 0 Å². The summed E-state index contributed by atoms with van der Waals surface area (Å²) in [4.78, 5) is 42.5. The molecule has 1 atom stereocenters. The van der Waals surface area contributed by atoms with Crippen LogP contribution in [-0.2, 0) is 9.59 Å². The Morgan fingerprint density at radius 3 is 2.44 bits per heavy atom. The molecule has 2 aromatic rings. The highest BCUT2D eigenvalue weighted by Gasteiger charge is 2.47. The summed E-state index contributed by atoms with van der Waals surface area (Å²) in [6.45, 7) is 0. The predicted molar refractivity (Wildman–Crippen MR) is 108 cm³/mol. The molecule has 0 bridgehead atoms. The highest BCUT2D eigenvalue weighted by Crippen LogP contribution is 2.33. The fourth-order valence-electron chi connectivity index (χ4n) is 3.97. The normalized spacial score (nSPS) is 20.5. The zero-order valence-corrected chi connectivity index (χ0v) is 17.0. The average Bonchev–Trinajstić information content (AvgIpc) is 3.40. The largest absolute Gasteiger partial charge is 0.322 e. The molecule has 1 aliphatic carbocycles. The van der Waals surface area contributed by atoms with Crippen LogP contribution in [0.1, 0.15) is 41.8 Å². The van der Waals surface area contributed by atoms with E-state index in [2.05, 4.69) is 15.9 Å². The smallest absolute Gasteiger partial charge is 0.264 e. The molecule has 140 valence electrons. The maximum Gasteiger partial charge on any atom is 0.264 e. The van der Waals surface area contributed by atoms with Crippen molar-refractivity contribution in [3.05, 3.63) is 51.1 Å². The topological polar surface area (TPSA) is 57.7 Å². The Morgan fingerprint density at radius 2 is 1.81 bits per heavy atom. The third-order valence-electron chi connectivity index (χ3n) is 5.23. The maximum atomic E-state index is 13.2.